The number of hydrogen-bond donors (Lipinski definition) is 1. The van der Waals surface area contributed by atoms with Gasteiger partial charge in [0.25, 0.3) is 0 Å². The lowest BCUT2D eigenvalue weighted by atomic mass is 10.1. The number of halogens is 2. The lowest BCUT2D eigenvalue weighted by Gasteiger charge is -2.35. The smallest absolute Gasteiger partial charge is 0.339 e. The van der Waals surface area contributed by atoms with E-state index in [0.29, 0.717) is 54.6 Å². The van der Waals surface area contributed by atoms with E-state index in [4.69, 9.17) is 16.3 Å². The van der Waals surface area contributed by atoms with Crippen LogP contribution in [-0.4, -0.2) is 55.1 Å². The molecule has 8 heteroatoms. The Bertz CT molecular complexity index is 849. The molecule has 0 aromatic heterocycles. The number of piperazine rings is 1. The minimum Gasteiger partial charge on any atom is -0.465 e. The maximum atomic E-state index is 14.0. The molecule has 3 rings (SSSR count). The minimum absolute atomic E-state index is 0.292. The van der Waals surface area contributed by atoms with Gasteiger partial charge in [0.2, 0.25) is 0 Å². The number of esters is 1. The van der Waals surface area contributed by atoms with Gasteiger partial charge in [-0.15, -0.1) is 0 Å². The van der Waals surface area contributed by atoms with Crippen LogP contribution in [0.1, 0.15) is 15.9 Å². The first kappa shape index (κ1) is 20.1. The van der Waals surface area contributed by atoms with E-state index in [1.54, 1.807) is 41.3 Å². The summed E-state index contributed by atoms with van der Waals surface area (Å²) in [6, 6.07) is 11.0. The average molecular weight is 406 g/mol. The fourth-order valence-electron chi connectivity index (χ4n) is 3.09. The molecule has 0 bridgehead atoms. The first-order valence-electron chi connectivity index (χ1n) is 8.88. The molecule has 1 heterocycles. The lowest BCUT2D eigenvalue weighted by molar-refractivity contribution is 0.0602. The molecule has 6 nitrogen and oxygen atoms in total. The van der Waals surface area contributed by atoms with Gasteiger partial charge in [-0.25, -0.2) is 14.0 Å². The van der Waals surface area contributed by atoms with E-state index in [1.165, 1.54) is 13.2 Å². The van der Waals surface area contributed by atoms with Crippen molar-refractivity contribution in [2.24, 2.45) is 0 Å². The molecule has 0 spiro atoms. The van der Waals surface area contributed by atoms with Crippen LogP contribution in [0.15, 0.2) is 42.5 Å². The van der Waals surface area contributed by atoms with E-state index >= 15 is 0 Å². The van der Waals surface area contributed by atoms with Crippen molar-refractivity contribution >= 4 is 29.3 Å². The number of nitrogens with one attached hydrogen (secondary N) is 1. The van der Waals surface area contributed by atoms with Crippen molar-refractivity contribution in [2.75, 3.05) is 38.6 Å². The van der Waals surface area contributed by atoms with Crippen LogP contribution in [0.5, 0.6) is 0 Å². The summed E-state index contributed by atoms with van der Waals surface area (Å²) in [6.45, 7) is 2.55. The van der Waals surface area contributed by atoms with Gasteiger partial charge in [0.15, 0.2) is 0 Å². The van der Waals surface area contributed by atoms with Gasteiger partial charge in [-0.05, 0) is 24.3 Å². The second-order valence-corrected chi connectivity index (χ2v) is 6.84. The molecule has 2 aromatic carbocycles. The zero-order valence-electron chi connectivity index (χ0n) is 15.5. The standard InChI is InChI=1S/C20H21ClFN3O3/c1-28-19(26)14-5-2-3-8-18(14)23-20(27)25-11-9-24(10-12-25)13-15-16(21)6-4-7-17(15)22/h2-8H,9-13H2,1H3,(H,23,27). The maximum absolute atomic E-state index is 14.0. The maximum Gasteiger partial charge on any atom is 0.339 e. The van der Waals surface area contributed by atoms with E-state index in [2.05, 4.69) is 10.2 Å². The number of para-hydroxylation sites is 1. The van der Waals surface area contributed by atoms with Gasteiger partial charge in [-0.3, -0.25) is 4.90 Å². The summed E-state index contributed by atoms with van der Waals surface area (Å²) in [5.74, 6) is -0.838. The van der Waals surface area contributed by atoms with Crippen molar-refractivity contribution in [1.82, 2.24) is 9.80 Å². The molecule has 1 aliphatic heterocycles. The number of anilines is 1. The monoisotopic (exact) mass is 405 g/mol. The number of urea groups is 1. The van der Waals surface area contributed by atoms with Crippen LogP contribution in [-0.2, 0) is 11.3 Å². The highest BCUT2D eigenvalue weighted by atomic mass is 35.5. The molecule has 2 amide bonds. The van der Waals surface area contributed by atoms with Gasteiger partial charge in [0, 0.05) is 43.3 Å². The Hall–Kier alpha value is -2.64. The summed E-state index contributed by atoms with van der Waals surface area (Å²) >= 11 is 6.09. The topological polar surface area (TPSA) is 61.9 Å². The van der Waals surface area contributed by atoms with E-state index in [1.807, 2.05) is 0 Å². The molecule has 0 atom stereocenters. The Morgan fingerprint density at radius 3 is 2.50 bits per heavy atom. The van der Waals surface area contributed by atoms with Crippen LogP contribution in [0, 0.1) is 5.82 Å². The quantitative estimate of drug-likeness (QED) is 0.789. The molecule has 0 saturated carbocycles. The molecular formula is C20H21ClFN3O3. The Labute approximate surface area is 167 Å². The van der Waals surface area contributed by atoms with E-state index < -0.39 is 5.97 Å². The summed E-state index contributed by atoms with van der Waals surface area (Å²) in [5.41, 5.74) is 1.17. The fourth-order valence-corrected chi connectivity index (χ4v) is 3.31. The van der Waals surface area contributed by atoms with Gasteiger partial charge < -0.3 is 15.0 Å². The highest BCUT2D eigenvalue weighted by Gasteiger charge is 2.23. The summed E-state index contributed by atoms with van der Waals surface area (Å²) in [6.07, 6.45) is 0. The minimum atomic E-state index is -0.512. The number of ether oxygens (including phenoxy) is 1. The van der Waals surface area contributed by atoms with Crippen molar-refractivity contribution in [3.8, 4) is 0 Å². The number of carbonyl (C=O) groups excluding carboxylic acids is 2. The first-order valence-corrected chi connectivity index (χ1v) is 9.26. The molecule has 0 aliphatic carbocycles. The van der Waals surface area contributed by atoms with Crippen LogP contribution >= 0.6 is 11.6 Å². The summed E-state index contributed by atoms with van der Waals surface area (Å²) in [5, 5.41) is 3.17. The highest BCUT2D eigenvalue weighted by molar-refractivity contribution is 6.31. The van der Waals surface area contributed by atoms with Crippen LogP contribution in [0.3, 0.4) is 0 Å². The number of carbonyl (C=O) groups is 2. The predicted molar refractivity (Wildman–Crippen MR) is 105 cm³/mol. The van der Waals surface area contributed by atoms with Crippen LogP contribution in [0.25, 0.3) is 0 Å². The molecule has 1 saturated heterocycles. The zero-order valence-corrected chi connectivity index (χ0v) is 16.2. The molecule has 1 fully saturated rings. The van der Waals surface area contributed by atoms with Gasteiger partial charge >= 0.3 is 12.0 Å². The molecular weight excluding hydrogens is 385 g/mol. The van der Waals surface area contributed by atoms with Gasteiger partial charge in [-0.1, -0.05) is 29.8 Å². The molecule has 1 aliphatic rings. The third-order valence-corrected chi connectivity index (χ3v) is 5.03. The van der Waals surface area contributed by atoms with Gasteiger partial charge in [0.1, 0.15) is 5.82 Å². The SMILES string of the molecule is COC(=O)c1ccccc1NC(=O)N1CCN(Cc2c(F)cccc2Cl)CC1. The summed E-state index contributed by atoms with van der Waals surface area (Å²) < 4.78 is 18.7. The normalized spacial score (nSPS) is 14.6. The predicted octanol–water partition coefficient (Wildman–Crippen LogP) is 3.62. The molecule has 0 radical (unpaired) electrons. The van der Waals surface area contributed by atoms with E-state index in [0.717, 1.165) is 0 Å². The molecule has 2 aromatic rings. The first-order chi connectivity index (χ1) is 13.5. The van der Waals surface area contributed by atoms with Gasteiger partial charge in [-0.2, -0.15) is 0 Å². The Balaban J connectivity index is 1.58. The average Bonchev–Trinajstić information content (AvgIpc) is 2.71. The van der Waals surface area contributed by atoms with E-state index in [-0.39, 0.29) is 11.8 Å². The number of hydrogen-bond acceptors (Lipinski definition) is 4. The third kappa shape index (κ3) is 4.61. The van der Waals surface area contributed by atoms with Crippen molar-refractivity contribution in [2.45, 2.75) is 6.54 Å². The van der Waals surface area contributed by atoms with Crippen molar-refractivity contribution in [3.63, 3.8) is 0 Å². The number of benzene rings is 2. The number of nitrogens with zero attached hydrogens (tertiary/aromatic N) is 2. The van der Waals surface area contributed by atoms with Gasteiger partial charge in [0.05, 0.1) is 18.4 Å². The van der Waals surface area contributed by atoms with Crippen molar-refractivity contribution in [1.29, 1.82) is 0 Å². The van der Waals surface area contributed by atoms with Crippen molar-refractivity contribution < 1.29 is 18.7 Å². The summed E-state index contributed by atoms with van der Waals surface area (Å²) in [7, 11) is 1.29. The second-order valence-electron chi connectivity index (χ2n) is 6.43. The molecule has 1 N–H and O–H groups in total. The largest absolute Gasteiger partial charge is 0.465 e. The Morgan fingerprint density at radius 1 is 1.11 bits per heavy atom. The van der Waals surface area contributed by atoms with Crippen molar-refractivity contribution in [3.05, 3.63) is 64.4 Å². The molecule has 148 valence electrons. The number of rotatable bonds is 4. The van der Waals surface area contributed by atoms with Crippen LogP contribution in [0.4, 0.5) is 14.9 Å². The second kappa shape index (κ2) is 9.03. The molecule has 28 heavy (non-hydrogen) atoms. The molecule has 0 unspecified atom stereocenters. The Morgan fingerprint density at radius 2 is 1.82 bits per heavy atom. The number of amides is 2. The third-order valence-electron chi connectivity index (χ3n) is 4.68. The lowest BCUT2D eigenvalue weighted by Crippen LogP contribution is -2.49. The van der Waals surface area contributed by atoms with E-state index in [9.17, 15) is 14.0 Å². The zero-order chi connectivity index (χ0) is 20.1. The number of methoxy groups -OCH3 is 1. The Kier molecular flexibility index (Phi) is 6.49. The highest BCUT2D eigenvalue weighted by Crippen LogP contribution is 2.22. The van der Waals surface area contributed by atoms with Crippen LogP contribution in [0.2, 0.25) is 5.02 Å². The summed E-state index contributed by atoms with van der Waals surface area (Å²) in [4.78, 5) is 28.1. The van der Waals surface area contributed by atoms with Crippen LogP contribution < -0.4 is 5.32 Å². The fraction of sp³-hybridized carbons (Fsp3) is 0.300.